The smallest absolute Gasteiger partial charge is 0.135 e. The molecule has 0 saturated carbocycles. The van der Waals surface area contributed by atoms with Gasteiger partial charge in [0.25, 0.3) is 0 Å². The molecule has 0 spiro atoms. The van der Waals surface area contributed by atoms with Gasteiger partial charge < -0.3 is 15.4 Å². The van der Waals surface area contributed by atoms with Gasteiger partial charge in [-0.3, -0.25) is 0 Å². The Labute approximate surface area is 82.0 Å². The molecular weight excluding hydrogens is 178 g/mol. The second-order valence-corrected chi connectivity index (χ2v) is 3.23. The minimum Gasteiger partial charge on any atom is -0.388 e. The average Bonchev–Trinajstić information content (AvgIpc) is 2.55. The number of aryl methyl sites for hydroxylation is 1. The zero-order valence-corrected chi connectivity index (χ0v) is 8.07. The lowest BCUT2D eigenvalue weighted by atomic mass is 10.2. The van der Waals surface area contributed by atoms with Crippen molar-refractivity contribution < 1.29 is 5.11 Å². The van der Waals surface area contributed by atoms with Crippen LogP contribution in [0.15, 0.2) is 18.2 Å². The van der Waals surface area contributed by atoms with E-state index in [0.29, 0.717) is 12.4 Å². The lowest BCUT2D eigenvalue weighted by Crippen LogP contribution is -1.97. The minimum absolute atomic E-state index is 0.0464. The van der Waals surface area contributed by atoms with Gasteiger partial charge in [0.2, 0.25) is 0 Å². The van der Waals surface area contributed by atoms with Gasteiger partial charge in [-0.25, -0.2) is 4.98 Å². The van der Waals surface area contributed by atoms with Gasteiger partial charge in [0, 0.05) is 13.6 Å². The molecule has 0 fully saturated rings. The fraction of sp³-hybridized carbons (Fsp3) is 0.300. The van der Waals surface area contributed by atoms with Gasteiger partial charge in [0.1, 0.15) is 12.4 Å². The zero-order valence-electron chi connectivity index (χ0n) is 8.07. The van der Waals surface area contributed by atoms with Crippen molar-refractivity contribution in [3.8, 4) is 0 Å². The van der Waals surface area contributed by atoms with E-state index in [1.165, 1.54) is 0 Å². The van der Waals surface area contributed by atoms with Crippen molar-refractivity contribution in [2.45, 2.75) is 13.2 Å². The van der Waals surface area contributed by atoms with Crippen molar-refractivity contribution in [2.75, 3.05) is 0 Å². The van der Waals surface area contributed by atoms with E-state index >= 15 is 0 Å². The highest BCUT2D eigenvalue weighted by molar-refractivity contribution is 5.79. The highest BCUT2D eigenvalue weighted by Gasteiger charge is 2.08. The van der Waals surface area contributed by atoms with Gasteiger partial charge in [-0.2, -0.15) is 0 Å². The Kier molecular flexibility index (Phi) is 2.23. The molecule has 0 atom stereocenters. The second-order valence-electron chi connectivity index (χ2n) is 3.23. The number of nitrogens with zero attached hydrogens (tertiary/aromatic N) is 2. The molecule has 0 saturated heterocycles. The van der Waals surface area contributed by atoms with Gasteiger partial charge in [0.05, 0.1) is 11.0 Å². The summed E-state index contributed by atoms with van der Waals surface area (Å²) >= 11 is 0. The van der Waals surface area contributed by atoms with Crippen molar-refractivity contribution in [3.63, 3.8) is 0 Å². The van der Waals surface area contributed by atoms with Crippen LogP contribution in [0.5, 0.6) is 0 Å². The molecule has 0 aliphatic heterocycles. The molecule has 74 valence electrons. The summed E-state index contributed by atoms with van der Waals surface area (Å²) in [5, 5.41) is 9.07. The van der Waals surface area contributed by atoms with E-state index < -0.39 is 0 Å². The molecule has 0 bridgehead atoms. The van der Waals surface area contributed by atoms with Crippen LogP contribution in [0.25, 0.3) is 11.0 Å². The van der Waals surface area contributed by atoms with Crippen LogP contribution in [0.1, 0.15) is 11.4 Å². The normalized spacial score (nSPS) is 11.1. The largest absolute Gasteiger partial charge is 0.388 e. The number of para-hydroxylation sites is 1. The first kappa shape index (κ1) is 9.18. The van der Waals surface area contributed by atoms with E-state index in [0.717, 1.165) is 16.6 Å². The Balaban J connectivity index is 2.77. The molecule has 0 unspecified atom stereocenters. The summed E-state index contributed by atoms with van der Waals surface area (Å²) in [6.45, 7) is 0.425. The number of imidazole rings is 1. The minimum atomic E-state index is -0.0464. The molecule has 1 heterocycles. The summed E-state index contributed by atoms with van der Waals surface area (Å²) in [4.78, 5) is 4.33. The number of aliphatic hydroxyl groups is 1. The topological polar surface area (TPSA) is 64.1 Å². The number of hydrogen-bond donors (Lipinski definition) is 2. The quantitative estimate of drug-likeness (QED) is 0.727. The maximum Gasteiger partial charge on any atom is 0.135 e. The number of aliphatic hydroxyl groups excluding tert-OH is 1. The van der Waals surface area contributed by atoms with Crippen molar-refractivity contribution in [2.24, 2.45) is 12.8 Å². The van der Waals surface area contributed by atoms with E-state index in [2.05, 4.69) is 4.98 Å². The first-order chi connectivity index (χ1) is 6.77. The van der Waals surface area contributed by atoms with Crippen molar-refractivity contribution >= 4 is 11.0 Å². The Hall–Kier alpha value is -1.39. The van der Waals surface area contributed by atoms with E-state index in [1.807, 2.05) is 29.8 Å². The van der Waals surface area contributed by atoms with Gasteiger partial charge in [-0.1, -0.05) is 12.1 Å². The standard InChI is InChI=1S/C10H13N3O/c1-13-8-4-2-3-7(5-11)10(8)12-9(13)6-14/h2-4,14H,5-6,11H2,1H3. The van der Waals surface area contributed by atoms with E-state index in [-0.39, 0.29) is 6.61 Å². The number of fused-ring (bicyclic) bond motifs is 1. The Morgan fingerprint density at radius 1 is 1.50 bits per heavy atom. The first-order valence-corrected chi connectivity index (χ1v) is 4.52. The number of benzene rings is 1. The van der Waals surface area contributed by atoms with Gasteiger partial charge in [-0.05, 0) is 11.6 Å². The molecule has 2 rings (SSSR count). The van der Waals surface area contributed by atoms with Crippen LogP contribution in [0.3, 0.4) is 0 Å². The summed E-state index contributed by atoms with van der Waals surface area (Å²) in [6, 6.07) is 5.88. The molecule has 3 N–H and O–H groups in total. The molecule has 0 amide bonds. The third-order valence-corrected chi connectivity index (χ3v) is 2.45. The maximum atomic E-state index is 9.07. The summed E-state index contributed by atoms with van der Waals surface area (Å²) in [5.74, 6) is 0.668. The fourth-order valence-electron chi connectivity index (χ4n) is 1.63. The third-order valence-electron chi connectivity index (χ3n) is 2.45. The molecule has 1 aromatic heterocycles. The Morgan fingerprint density at radius 2 is 2.29 bits per heavy atom. The SMILES string of the molecule is Cn1c(CO)nc2c(CN)cccc21. The van der Waals surface area contributed by atoms with Crippen molar-refractivity contribution in [3.05, 3.63) is 29.6 Å². The number of hydrogen-bond acceptors (Lipinski definition) is 3. The summed E-state index contributed by atoms with van der Waals surface area (Å²) in [6.07, 6.45) is 0. The Bertz CT molecular complexity index is 462. The van der Waals surface area contributed by atoms with Crippen LogP contribution in [0, 0.1) is 0 Å². The second kappa shape index (κ2) is 3.40. The summed E-state index contributed by atoms with van der Waals surface area (Å²) in [5.41, 5.74) is 8.52. The Morgan fingerprint density at radius 3 is 2.93 bits per heavy atom. The van der Waals surface area contributed by atoms with Crippen LogP contribution < -0.4 is 5.73 Å². The lowest BCUT2D eigenvalue weighted by Gasteiger charge is -1.99. The fourth-order valence-corrected chi connectivity index (χ4v) is 1.63. The zero-order chi connectivity index (χ0) is 10.1. The monoisotopic (exact) mass is 191 g/mol. The van der Waals surface area contributed by atoms with Crippen LogP contribution in [-0.4, -0.2) is 14.7 Å². The van der Waals surface area contributed by atoms with Crippen LogP contribution >= 0.6 is 0 Å². The molecular formula is C10H13N3O. The molecule has 14 heavy (non-hydrogen) atoms. The van der Waals surface area contributed by atoms with E-state index in [9.17, 15) is 0 Å². The molecule has 2 aromatic rings. The highest BCUT2D eigenvalue weighted by Crippen LogP contribution is 2.18. The predicted molar refractivity (Wildman–Crippen MR) is 54.5 cm³/mol. The average molecular weight is 191 g/mol. The van der Waals surface area contributed by atoms with Crippen molar-refractivity contribution in [1.82, 2.24) is 9.55 Å². The summed E-state index contributed by atoms with van der Waals surface area (Å²) < 4.78 is 1.88. The molecule has 0 radical (unpaired) electrons. The van der Waals surface area contributed by atoms with Crippen LogP contribution in [0.4, 0.5) is 0 Å². The van der Waals surface area contributed by atoms with Crippen LogP contribution in [-0.2, 0) is 20.2 Å². The van der Waals surface area contributed by atoms with Gasteiger partial charge in [0.15, 0.2) is 0 Å². The molecule has 4 heteroatoms. The number of rotatable bonds is 2. The van der Waals surface area contributed by atoms with Crippen molar-refractivity contribution in [1.29, 1.82) is 0 Å². The van der Waals surface area contributed by atoms with Gasteiger partial charge >= 0.3 is 0 Å². The van der Waals surface area contributed by atoms with E-state index in [1.54, 1.807) is 0 Å². The first-order valence-electron chi connectivity index (χ1n) is 4.52. The summed E-state index contributed by atoms with van der Waals surface area (Å²) in [7, 11) is 1.89. The number of nitrogens with two attached hydrogens (primary N) is 1. The third kappa shape index (κ3) is 1.20. The van der Waals surface area contributed by atoms with E-state index in [4.69, 9.17) is 10.8 Å². The molecule has 0 aliphatic rings. The maximum absolute atomic E-state index is 9.07. The predicted octanol–water partition coefficient (Wildman–Crippen LogP) is 0.524. The lowest BCUT2D eigenvalue weighted by molar-refractivity contribution is 0.268. The van der Waals surface area contributed by atoms with Crippen LogP contribution in [0.2, 0.25) is 0 Å². The molecule has 0 aliphatic carbocycles. The number of aromatic nitrogens is 2. The van der Waals surface area contributed by atoms with Gasteiger partial charge in [-0.15, -0.1) is 0 Å². The molecule has 1 aromatic carbocycles. The highest BCUT2D eigenvalue weighted by atomic mass is 16.3. The molecule has 4 nitrogen and oxygen atoms in total.